The molecule has 0 fully saturated rings. The first-order valence-corrected chi connectivity index (χ1v) is 9.63. The van der Waals surface area contributed by atoms with Crippen LogP contribution in [0.1, 0.15) is 16.8 Å². The number of nitrogens with zero attached hydrogens (tertiary/aromatic N) is 1. The van der Waals surface area contributed by atoms with Crippen molar-refractivity contribution >= 4 is 32.5 Å². The van der Waals surface area contributed by atoms with Crippen LogP contribution in [0.15, 0.2) is 47.4 Å². The van der Waals surface area contributed by atoms with Crippen LogP contribution < -0.4 is 0 Å². The average molecular weight is 361 g/mol. The summed E-state index contributed by atoms with van der Waals surface area (Å²) in [4.78, 5) is 3.60. The predicted octanol–water partition coefficient (Wildman–Crippen LogP) is 3.88. The van der Waals surface area contributed by atoms with Crippen LogP contribution in [0.5, 0.6) is 0 Å². The molecule has 0 aliphatic carbocycles. The molecule has 1 N–H and O–H groups in total. The summed E-state index contributed by atoms with van der Waals surface area (Å²) < 4.78 is 27.4. The van der Waals surface area contributed by atoms with Gasteiger partial charge in [0.1, 0.15) is 4.90 Å². The van der Waals surface area contributed by atoms with E-state index in [1.807, 2.05) is 6.92 Å². The Labute approximate surface area is 146 Å². The van der Waals surface area contributed by atoms with E-state index >= 15 is 0 Å². The molecule has 2 heterocycles. The SMILES string of the molecule is Cc1ccc2c3c([nH]c2c1)CCN(S(=O)(=O)c1ccccc1Cl)C3. The maximum Gasteiger partial charge on any atom is 0.244 e. The largest absolute Gasteiger partial charge is 0.358 e. The topological polar surface area (TPSA) is 53.2 Å². The molecule has 24 heavy (non-hydrogen) atoms. The number of H-pyrrole nitrogens is 1. The molecule has 124 valence electrons. The third-order valence-electron chi connectivity index (χ3n) is 4.55. The third-order valence-corrected chi connectivity index (χ3v) is 6.90. The highest BCUT2D eigenvalue weighted by atomic mass is 35.5. The van der Waals surface area contributed by atoms with Crippen molar-refractivity contribution < 1.29 is 8.42 Å². The van der Waals surface area contributed by atoms with E-state index in [1.54, 1.807) is 24.3 Å². The molecule has 4 nitrogen and oxygen atoms in total. The molecule has 1 aromatic heterocycles. The second-order valence-corrected chi connectivity index (χ2v) is 8.46. The first-order valence-electron chi connectivity index (χ1n) is 7.81. The minimum atomic E-state index is -3.60. The number of aryl methyl sites for hydroxylation is 1. The fourth-order valence-electron chi connectivity index (χ4n) is 3.31. The van der Waals surface area contributed by atoms with E-state index in [0.717, 1.165) is 22.2 Å². The summed E-state index contributed by atoms with van der Waals surface area (Å²) in [6, 6.07) is 12.8. The van der Waals surface area contributed by atoms with Gasteiger partial charge in [-0.1, -0.05) is 35.9 Å². The lowest BCUT2D eigenvalue weighted by atomic mass is 10.1. The van der Waals surface area contributed by atoms with Gasteiger partial charge >= 0.3 is 0 Å². The summed E-state index contributed by atoms with van der Waals surface area (Å²) in [6.45, 7) is 2.87. The van der Waals surface area contributed by atoms with Crippen molar-refractivity contribution in [1.29, 1.82) is 0 Å². The molecular weight excluding hydrogens is 344 g/mol. The highest BCUT2D eigenvalue weighted by Gasteiger charge is 2.31. The average Bonchev–Trinajstić information content (AvgIpc) is 2.91. The van der Waals surface area contributed by atoms with Crippen molar-refractivity contribution in [3.05, 3.63) is 64.3 Å². The molecule has 0 radical (unpaired) electrons. The molecule has 1 aliphatic heterocycles. The summed E-state index contributed by atoms with van der Waals surface area (Å²) in [6.07, 6.45) is 0.673. The van der Waals surface area contributed by atoms with Gasteiger partial charge in [0.05, 0.1) is 5.02 Å². The van der Waals surface area contributed by atoms with Crippen LogP contribution in [0.4, 0.5) is 0 Å². The van der Waals surface area contributed by atoms with Gasteiger partial charge in [-0.15, -0.1) is 0 Å². The molecule has 0 amide bonds. The smallest absolute Gasteiger partial charge is 0.244 e. The lowest BCUT2D eigenvalue weighted by molar-refractivity contribution is 0.391. The Bertz CT molecular complexity index is 1040. The fourth-order valence-corrected chi connectivity index (χ4v) is 5.21. The van der Waals surface area contributed by atoms with E-state index < -0.39 is 10.0 Å². The van der Waals surface area contributed by atoms with Crippen LogP contribution >= 0.6 is 11.6 Å². The van der Waals surface area contributed by atoms with Crippen LogP contribution in [0, 0.1) is 6.92 Å². The van der Waals surface area contributed by atoms with Gasteiger partial charge in [-0.05, 0) is 36.2 Å². The third kappa shape index (κ3) is 2.44. The number of halogens is 1. The van der Waals surface area contributed by atoms with E-state index in [9.17, 15) is 8.42 Å². The lowest BCUT2D eigenvalue weighted by Gasteiger charge is -2.26. The summed E-state index contributed by atoms with van der Waals surface area (Å²) >= 11 is 6.11. The number of sulfonamides is 1. The van der Waals surface area contributed by atoms with Crippen LogP contribution in [0.2, 0.25) is 5.02 Å². The molecule has 0 bridgehead atoms. The van der Waals surface area contributed by atoms with Gasteiger partial charge < -0.3 is 4.98 Å². The highest BCUT2D eigenvalue weighted by Crippen LogP contribution is 2.32. The Kier molecular flexibility index (Phi) is 3.67. The molecule has 0 unspecified atom stereocenters. The molecule has 0 saturated carbocycles. The van der Waals surface area contributed by atoms with Crippen LogP contribution in [-0.4, -0.2) is 24.3 Å². The number of hydrogen-bond acceptors (Lipinski definition) is 2. The minimum absolute atomic E-state index is 0.172. The number of benzene rings is 2. The molecule has 0 spiro atoms. The maximum atomic E-state index is 13.0. The molecular formula is C18H17ClN2O2S. The van der Waals surface area contributed by atoms with Crippen molar-refractivity contribution in [3.63, 3.8) is 0 Å². The number of nitrogens with one attached hydrogen (secondary N) is 1. The Morgan fingerprint density at radius 1 is 1.17 bits per heavy atom. The zero-order chi connectivity index (χ0) is 16.9. The van der Waals surface area contributed by atoms with Gasteiger partial charge in [0.2, 0.25) is 10.0 Å². The summed E-state index contributed by atoms with van der Waals surface area (Å²) in [5, 5.41) is 1.35. The second-order valence-electron chi connectivity index (χ2n) is 6.15. The van der Waals surface area contributed by atoms with Crippen molar-refractivity contribution in [2.75, 3.05) is 6.54 Å². The normalized spacial score (nSPS) is 15.6. The monoisotopic (exact) mass is 360 g/mol. The maximum absolute atomic E-state index is 13.0. The fraction of sp³-hybridized carbons (Fsp3) is 0.222. The first-order chi connectivity index (χ1) is 11.5. The molecule has 6 heteroatoms. The molecule has 0 atom stereocenters. The van der Waals surface area contributed by atoms with E-state index in [1.165, 1.54) is 9.87 Å². The van der Waals surface area contributed by atoms with Crippen LogP contribution in [0.3, 0.4) is 0 Å². The number of rotatable bonds is 2. The van der Waals surface area contributed by atoms with Gasteiger partial charge in [-0.2, -0.15) is 4.31 Å². The summed E-state index contributed by atoms with van der Waals surface area (Å²) in [5.41, 5.74) is 4.44. The summed E-state index contributed by atoms with van der Waals surface area (Å²) in [5.74, 6) is 0. The van der Waals surface area contributed by atoms with E-state index in [0.29, 0.717) is 19.5 Å². The van der Waals surface area contributed by atoms with E-state index in [2.05, 4.69) is 23.2 Å². The Hall–Kier alpha value is -1.82. The Morgan fingerprint density at radius 3 is 2.75 bits per heavy atom. The van der Waals surface area contributed by atoms with Gasteiger partial charge in [0.25, 0.3) is 0 Å². The standard InChI is InChI=1S/C18H17ClN2O2S/c1-12-6-7-13-14-11-21(9-8-16(14)20-17(13)10-12)24(22,23)18-5-3-2-4-15(18)19/h2-7,10,20H,8-9,11H2,1H3. The van der Waals surface area contributed by atoms with Crippen LogP contribution in [0.25, 0.3) is 10.9 Å². The van der Waals surface area contributed by atoms with Gasteiger partial charge in [0.15, 0.2) is 0 Å². The van der Waals surface area contributed by atoms with Gasteiger partial charge in [0, 0.05) is 36.1 Å². The van der Waals surface area contributed by atoms with Crippen molar-refractivity contribution in [2.24, 2.45) is 0 Å². The van der Waals surface area contributed by atoms with E-state index in [4.69, 9.17) is 11.6 Å². The quantitative estimate of drug-likeness (QED) is 0.754. The van der Waals surface area contributed by atoms with Crippen molar-refractivity contribution in [1.82, 2.24) is 9.29 Å². The lowest BCUT2D eigenvalue weighted by Crippen LogP contribution is -2.35. The summed E-state index contributed by atoms with van der Waals surface area (Å²) in [7, 11) is -3.60. The first kappa shape index (κ1) is 15.7. The van der Waals surface area contributed by atoms with E-state index in [-0.39, 0.29) is 9.92 Å². The molecule has 3 aromatic rings. The van der Waals surface area contributed by atoms with Gasteiger partial charge in [-0.25, -0.2) is 8.42 Å². The second kappa shape index (κ2) is 5.62. The van der Waals surface area contributed by atoms with Crippen molar-refractivity contribution in [2.45, 2.75) is 24.8 Å². The zero-order valence-corrected chi connectivity index (χ0v) is 14.8. The van der Waals surface area contributed by atoms with Crippen LogP contribution in [-0.2, 0) is 23.0 Å². The zero-order valence-electron chi connectivity index (χ0n) is 13.2. The Morgan fingerprint density at radius 2 is 1.96 bits per heavy atom. The number of aromatic amines is 1. The predicted molar refractivity (Wildman–Crippen MR) is 95.8 cm³/mol. The minimum Gasteiger partial charge on any atom is -0.358 e. The van der Waals surface area contributed by atoms with Crippen molar-refractivity contribution in [3.8, 4) is 0 Å². The molecule has 0 saturated heterocycles. The number of hydrogen-bond donors (Lipinski definition) is 1. The van der Waals surface area contributed by atoms with Gasteiger partial charge in [-0.3, -0.25) is 0 Å². The Balaban J connectivity index is 1.76. The molecule has 2 aromatic carbocycles. The highest BCUT2D eigenvalue weighted by molar-refractivity contribution is 7.89. The molecule has 1 aliphatic rings. The number of fused-ring (bicyclic) bond motifs is 3. The molecule has 4 rings (SSSR count). The number of aromatic nitrogens is 1.